The molecule has 30 heavy (non-hydrogen) atoms. The molecule has 0 saturated heterocycles. The van der Waals surface area contributed by atoms with Crippen molar-refractivity contribution in [3.63, 3.8) is 0 Å². The number of aliphatic hydroxyl groups is 1. The van der Waals surface area contributed by atoms with Crippen molar-refractivity contribution in [1.82, 2.24) is 5.32 Å². The molecule has 1 aliphatic carbocycles. The van der Waals surface area contributed by atoms with E-state index in [-0.39, 0.29) is 29.9 Å². The number of amides is 2. The number of carbonyl (C=O) groups excluding carboxylic acids is 2. The van der Waals surface area contributed by atoms with Crippen molar-refractivity contribution in [2.24, 2.45) is 5.92 Å². The minimum Gasteiger partial charge on any atom is -0.490 e. The van der Waals surface area contributed by atoms with Crippen LogP contribution in [0.5, 0.6) is 5.75 Å². The highest BCUT2D eigenvalue weighted by molar-refractivity contribution is 6.03. The standard InChI is InChI=1S/C23H35N3O4/c1-23(2,3)24-13-16(27)14-30-19-11-10-18(21-17(19)9-12-20(28)26-21)25-22(29)15-7-5-4-6-8-15/h10-11,15-16,24,27H,4-9,12-14H2,1-3H3,(H,25,29)(H,26,28). The van der Waals surface area contributed by atoms with Crippen molar-refractivity contribution in [3.8, 4) is 5.75 Å². The molecule has 7 heteroatoms. The fourth-order valence-electron chi connectivity index (χ4n) is 3.97. The van der Waals surface area contributed by atoms with Gasteiger partial charge in [0.2, 0.25) is 11.8 Å². The van der Waals surface area contributed by atoms with Crippen LogP contribution in [0.25, 0.3) is 0 Å². The molecule has 2 aliphatic rings. The first-order valence-corrected chi connectivity index (χ1v) is 11.1. The summed E-state index contributed by atoms with van der Waals surface area (Å²) in [6, 6.07) is 3.59. The summed E-state index contributed by atoms with van der Waals surface area (Å²) in [4.78, 5) is 24.7. The molecule has 1 saturated carbocycles. The second-order valence-electron chi connectivity index (χ2n) is 9.43. The van der Waals surface area contributed by atoms with Gasteiger partial charge in [-0.15, -0.1) is 0 Å². The zero-order valence-electron chi connectivity index (χ0n) is 18.3. The van der Waals surface area contributed by atoms with Gasteiger partial charge in [0, 0.05) is 30.0 Å². The summed E-state index contributed by atoms with van der Waals surface area (Å²) in [6.07, 6.45) is 5.47. The maximum Gasteiger partial charge on any atom is 0.227 e. The minimum atomic E-state index is -0.649. The van der Waals surface area contributed by atoms with Crippen molar-refractivity contribution in [2.45, 2.75) is 77.4 Å². The second-order valence-corrected chi connectivity index (χ2v) is 9.43. The van der Waals surface area contributed by atoms with Crippen molar-refractivity contribution in [3.05, 3.63) is 17.7 Å². The van der Waals surface area contributed by atoms with E-state index in [2.05, 4.69) is 16.0 Å². The van der Waals surface area contributed by atoms with Crippen LogP contribution in [-0.2, 0) is 16.0 Å². The van der Waals surface area contributed by atoms with Crippen LogP contribution in [0.1, 0.15) is 64.9 Å². The number of fused-ring (bicyclic) bond motifs is 1. The van der Waals surface area contributed by atoms with Crippen molar-refractivity contribution < 1.29 is 19.4 Å². The number of anilines is 2. The smallest absolute Gasteiger partial charge is 0.227 e. The van der Waals surface area contributed by atoms with Gasteiger partial charge in [-0.3, -0.25) is 9.59 Å². The lowest BCUT2D eigenvalue weighted by molar-refractivity contribution is -0.120. The quantitative estimate of drug-likeness (QED) is 0.546. The summed E-state index contributed by atoms with van der Waals surface area (Å²) >= 11 is 0. The third-order valence-electron chi connectivity index (χ3n) is 5.67. The molecule has 0 aromatic heterocycles. The van der Waals surface area contributed by atoms with Crippen LogP contribution in [-0.4, -0.2) is 41.7 Å². The van der Waals surface area contributed by atoms with Crippen LogP contribution in [0.4, 0.5) is 11.4 Å². The Morgan fingerprint density at radius 3 is 2.67 bits per heavy atom. The summed E-state index contributed by atoms with van der Waals surface area (Å²) in [5.74, 6) is 0.627. The van der Waals surface area contributed by atoms with Crippen molar-refractivity contribution in [1.29, 1.82) is 0 Å². The SMILES string of the molecule is CC(C)(C)NCC(O)COc1ccc(NC(=O)C2CCCCC2)c2c1CCC(=O)N2. The molecular weight excluding hydrogens is 382 g/mol. The number of β-amino-alcohol motifs (C(OH)–C–C–N with tert-alkyl or cyclic N) is 1. The third kappa shape index (κ3) is 6.19. The lowest BCUT2D eigenvalue weighted by atomic mass is 9.88. The minimum absolute atomic E-state index is 0.0223. The van der Waals surface area contributed by atoms with Crippen LogP contribution in [0.15, 0.2) is 12.1 Å². The highest BCUT2D eigenvalue weighted by atomic mass is 16.5. The number of benzene rings is 1. The average Bonchev–Trinajstić information content (AvgIpc) is 2.71. The number of ether oxygens (including phenoxy) is 1. The summed E-state index contributed by atoms with van der Waals surface area (Å²) in [5, 5.41) is 19.4. The number of nitrogens with one attached hydrogen (secondary N) is 3. The van der Waals surface area contributed by atoms with Crippen LogP contribution in [0.3, 0.4) is 0 Å². The van der Waals surface area contributed by atoms with Crippen molar-refractivity contribution in [2.75, 3.05) is 23.8 Å². The van der Waals surface area contributed by atoms with E-state index in [1.54, 1.807) is 6.07 Å². The predicted octanol–water partition coefficient (Wildman–Crippen LogP) is 3.22. The van der Waals surface area contributed by atoms with Gasteiger partial charge in [-0.05, 0) is 52.2 Å². The number of aliphatic hydroxyl groups excluding tert-OH is 1. The highest BCUT2D eigenvalue weighted by Crippen LogP contribution is 2.38. The summed E-state index contributed by atoms with van der Waals surface area (Å²) in [7, 11) is 0. The van der Waals surface area contributed by atoms with E-state index < -0.39 is 6.10 Å². The van der Waals surface area contributed by atoms with Crippen LogP contribution in [0.2, 0.25) is 0 Å². The van der Waals surface area contributed by atoms with Crippen LogP contribution in [0, 0.1) is 5.92 Å². The molecular formula is C23H35N3O4. The molecule has 7 nitrogen and oxygen atoms in total. The lowest BCUT2D eigenvalue weighted by Crippen LogP contribution is -2.42. The Hall–Kier alpha value is -2.12. The monoisotopic (exact) mass is 417 g/mol. The molecule has 1 atom stereocenters. The topological polar surface area (TPSA) is 99.7 Å². The van der Waals surface area contributed by atoms with E-state index in [0.717, 1.165) is 31.2 Å². The molecule has 0 spiro atoms. The van der Waals surface area contributed by atoms with E-state index in [1.807, 2.05) is 26.8 Å². The largest absolute Gasteiger partial charge is 0.490 e. The van der Waals surface area contributed by atoms with E-state index in [9.17, 15) is 14.7 Å². The van der Waals surface area contributed by atoms with Gasteiger partial charge >= 0.3 is 0 Å². The fourth-order valence-corrected chi connectivity index (χ4v) is 3.97. The van der Waals surface area contributed by atoms with Crippen LogP contribution < -0.4 is 20.7 Å². The van der Waals surface area contributed by atoms with Gasteiger partial charge in [0.25, 0.3) is 0 Å². The average molecular weight is 418 g/mol. The molecule has 1 fully saturated rings. The first-order chi connectivity index (χ1) is 14.2. The molecule has 1 aromatic carbocycles. The maximum absolute atomic E-state index is 12.7. The van der Waals surface area contributed by atoms with E-state index in [4.69, 9.17) is 4.74 Å². The number of hydrogen-bond donors (Lipinski definition) is 4. The van der Waals surface area contributed by atoms with Gasteiger partial charge in [0.15, 0.2) is 0 Å². The molecule has 0 bridgehead atoms. The van der Waals surface area contributed by atoms with Crippen LogP contribution >= 0.6 is 0 Å². The number of hydrogen-bond acceptors (Lipinski definition) is 5. The number of rotatable bonds is 7. The Kier molecular flexibility index (Phi) is 7.36. The fraction of sp³-hybridized carbons (Fsp3) is 0.652. The predicted molar refractivity (Wildman–Crippen MR) is 118 cm³/mol. The zero-order chi connectivity index (χ0) is 21.7. The summed E-state index contributed by atoms with van der Waals surface area (Å²) in [5.41, 5.74) is 2.03. The molecule has 1 aliphatic heterocycles. The van der Waals surface area contributed by atoms with Gasteiger partial charge in [-0.1, -0.05) is 19.3 Å². The van der Waals surface area contributed by atoms with Gasteiger partial charge in [0.05, 0.1) is 11.4 Å². The van der Waals surface area contributed by atoms with Crippen molar-refractivity contribution >= 4 is 23.2 Å². The summed E-state index contributed by atoms with van der Waals surface area (Å²) < 4.78 is 5.89. The Morgan fingerprint density at radius 1 is 1.23 bits per heavy atom. The van der Waals surface area contributed by atoms with Gasteiger partial charge < -0.3 is 25.8 Å². The third-order valence-corrected chi connectivity index (χ3v) is 5.67. The zero-order valence-corrected chi connectivity index (χ0v) is 18.3. The molecule has 1 unspecified atom stereocenters. The summed E-state index contributed by atoms with van der Waals surface area (Å²) in [6.45, 7) is 6.70. The first-order valence-electron chi connectivity index (χ1n) is 11.1. The molecule has 166 valence electrons. The Morgan fingerprint density at radius 2 is 1.97 bits per heavy atom. The number of carbonyl (C=O) groups is 2. The maximum atomic E-state index is 12.7. The molecule has 4 N–H and O–H groups in total. The van der Waals surface area contributed by atoms with E-state index >= 15 is 0 Å². The highest BCUT2D eigenvalue weighted by Gasteiger charge is 2.26. The first kappa shape index (κ1) is 22.6. The molecule has 0 radical (unpaired) electrons. The molecule has 1 aromatic rings. The second kappa shape index (κ2) is 9.79. The van der Waals surface area contributed by atoms with E-state index in [0.29, 0.717) is 36.5 Å². The Balaban J connectivity index is 1.69. The van der Waals surface area contributed by atoms with E-state index in [1.165, 1.54) is 6.42 Å². The normalized spacial score (nSPS) is 18.3. The molecule has 1 heterocycles. The van der Waals surface area contributed by atoms with Gasteiger partial charge in [-0.2, -0.15) is 0 Å². The molecule has 3 rings (SSSR count). The Bertz CT molecular complexity index is 766. The van der Waals surface area contributed by atoms with Gasteiger partial charge in [-0.25, -0.2) is 0 Å². The lowest BCUT2D eigenvalue weighted by Gasteiger charge is -2.26. The molecule has 2 amide bonds. The van der Waals surface area contributed by atoms with Gasteiger partial charge in [0.1, 0.15) is 18.5 Å². The Labute approximate surface area is 179 Å².